The first kappa shape index (κ1) is 23.9. The first-order valence-electron chi connectivity index (χ1n) is 10.8. The highest BCUT2D eigenvalue weighted by atomic mass is 32.1. The lowest BCUT2D eigenvalue weighted by Crippen LogP contribution is -2.52. The van der Waals surface area contributed by atoms with E-state index in [0.717, 1.165) is 21.7 Å². The number of likely N-dealkylation sites (tertiary alicyclic amines) is 1. The molecule has 2 aromatic rings. The second-order valence-corrected chi connectivity index (χ2v) is 9.40. The van der Waals surface area contributed by atoms with Crippen molar-refractivity contribution in [1.82, 2.24) is 20.5 Å². The molecule has 1 aliphatic heterocycles. The van der Waals surface area contributed by atoms with Gasteiger partial charge in [0.2, 0.25) is 18.2 Å². The van der Waals surface area contributed by atoms with Crippen LogP contribution in [0, 0.1) is 12.8 Å². The summed E-state index contributed by atoms with van der Waals surface area (Å²) >= 11 is 1.59. The summed E-state index contributed by atoms with van der Waals surface area (Å²) in [6, 6.07) is 6.43. The van der Waals surface area contributed by atoms with Gasteiger partial charge in [-0.1, -0.05) is 38.1 Å². The number of carbonyl (C=O) groups is 3. The van der Waals surface area contributed by atoms with Gasteiger partial charge in [0.25, 0.3) is 0 Å². The Morgan fingerprint density at radius 3 is 2.62 bits per heavy atom. The summed E-state index contributed by atoms with van der Waals surface area (Å²) in [7, 11) is 0. The molecule has 3 amide bonds. The van der Waals surface area contributed by atoms with E-state index >= 15 is 0 Å². The summed E-state index contributed by atoms with van der Waals surface area (Å²) in [6.07, 6.45) is 0.373. The summed E-state index contributed by atoms with van der Waals surface area (Å²) in [6.45, 7) is 6.28. The molecule has 2 heterocycles. The Labute approximate surface area is 192 Å². The molecule has 1 saturated heterocycles. The minimum Gasteiger partial charge on any atom is -0.391 e. The van der Waals surface area contributed by atoms with Crippen molar-refractivity contribution < 1.29 is 19.5 Å². The van der Waals surface area contributed by atoms with Crippen molar-refractivity contribution in [3.05, 3.63) is 41.0 Å². The number of rotatable bonds is 9. The molecule has 0 bridgehead atoms. The van der Waals surface area contributed by atoms with E-state index in [9.17, 15) is 19.5 Å². The predicted octanol–water partition coefficient (Wildman–Crippen LogP) is 1.86. The maximum atomic E-state index is 13.0. The minimum absolute atomic E-state index is 0.0783. The van der Waals surface area contributed by atoms with Gasteiger partial charge in [-0.25, -0.2) is 4.98 Å². The average molecular weight is 459 g/mol. The van der Waals surface area contributed by atoms with Crippen LogP contribution >= 0.6 is 11.3 Å². The maximum Gasteiger partial charge on any atom is 0.245 e. The third-order valence-corrected chi connectivity index (χ3v) is 6.55. The molecule has 3 N–H and O–H groups in total. The van der Waals surface area contributed by atoms with Crippen LogP contribution in [0.1, 0.15) is 37.9 Å². The summed E-state index contributed by atoms with van der Waals surface area (Å²) in [5.74, 6) is -0.466. The smallest absolute Gasteiger partial charge is 0.245 e. The first-order valence-corrected chi connectivity index (χ1v) is 11.6. The van der Waals surface area contributed by atoms with Crippen molar-refractivity contribution in [3.63, 3.8) is 0 Å². The van der Waals surface area contributed by atoms with Crippen LogP contribution in [0.3, 0.4) is 0 Å². The number of aryl methyl sites for hydroxylation is 1. The van der Waals surface area contributed by atoms with E-state index in [4.69, 9.17) is 0 Å². The van der Waals surface area contributed by atoms with Gasteiger partial charge in [-0.15, -0.1) is 11.3 Å². The Morgan fingerprint density at radius 2 is 2.03 bits per heavy atom. The second-order valence-electron chi connectivity index (χ2n) is 8.54. The fraction of sp³-hybridized carbons (Fsp3) is 0.478. The van der Waals surface area contributed by atoms with E-state index in [1.54, 1.807) is 11.3 Å². The highest BCUT2D eigenvalue weighted by molar-refractivity contribution is 7.13. The number of nitrogens with one attached hydrogen (secondary N) is 2. The minimum atomic E-state index is -0.771. The number of carbonyl (C=O) groups excluding carboxylic acids is 3. The van der Waals surface area contributed by atoms with Gasteiger partial charge in [0, 0.05) is 19.5 Å². The fourth-order valence-corrected chi connectivity index (χ4v) is 4.77. The average Bonchev–Trinajstić information content (AvgIpc) is 3.36. The monoisotopic (exact) mass is 458 g/mol. The number of β-amino-alcohol motifs (C(OH)–C–C–N with tert-alkyl or cyclic N) is 1. The fourth-order valence-electron chi connectivity index (χ4n) is 3.96. The van der Waals surface area contributed by atoms with Crippen LogP contribution in [0.15, 0.2) is 29.8 Å². The quantitative estimate of drug-likeness (QED) is 0.497. The molecular formula is C23H30N4O4S. The third-order valence-electron chi connectivity index (χ3n) is 5.57. The zero-order chi connectivity index (χ0) is 23.3. The molecule has 3 atom stereocenters. The zero-order valence-electron chi connectivity index (χ0n) is 18.6. The van der Waals surface area contributed by atoms with Crippen LogP contribution in [0.4, 0.5) is 0 Å². The van der Waals surface area contributed by atoms with Gasteiger partial charge in [0.05, 0.1) is 22.2 Å². The van der Waals surface area contributed by atoms with E-state index in [1.807, 2.05) is 50.5 Å². The lowest BCUT2D eigenvalue weighted by molar-refractivity contribution is -0.141. The second kappa shape index (κ2) is 10.7. The molecule has 172 valence electrons. The molecule has 9 heteroatoms. The van der Waals surface area contributed by atoms with Crippen LogP contribution in [0.25, 0.3) is 10.4 Å². The zero-order valence-corrected chi connectivity index (χ0v) is 19.4. The van der Waals surface area contributed by atoms with Crippen LogP contribution in [-0.4, -0.2) is 57.9 Å². The largest absolute Gasteiger partial charge is 0.391 e. The Kier molecular flexibility index (Phi) is 7.98. The number of amides is 3. The van der Waals surface area contributed by atoms with Gasteiger partial charge in [0.15, 0.2) is 0 Å². The van der Waals surface area contributed by atoms with Gasteiger partial charge in [-0.2, -0.15) is 0 Å². The third kappa shape index (κ3) is 5.72. The molecule has 1 aromatic heterocycles. The summed E-state index contributed by atoms with van der Waals surface area (Å²) < 4.78 is 0. The number of thiazole rings is 1. The summed E-state index contributed by atoms with van der Waals surface area (Å²) in [5, 5.41) is 15.6. The number of benzene rings is 1. The Morgan fingerprint density at radius 1 is 1.31 bits per heavy atom. The van der Waals surface area contributed by atoms with Crippen molar-refractivity contribution in [3.8, 4) is 10.4 Å². The highest BCUT2D eigenvalue weighted by Gasteiger charge is 2.41. The van der Waals surface area contributed by atoms with Gasteiger partial charge >= 0.3 is 0 Å². The number of hydrogen-bond acceptors (Lipinski definition) is 6. The lowest BCUT2D eigenvalue weighted by atomic mass is 10.0. The molecule has 1 fully saturated rings. The SMILES string of the molecule is Cc1ncsc1-c1ccc(CNC(=O)C2CC(O)CN2C(=O)C(CC(C)C)NC=O)cc1. The Balaban J connectivity index is 1.63. The van der Waals surface area contributed by atoms with Crippen molar-refractivity contribution in [2.75, 3.05) is 6.54 Å². The molecule has 0 saturated carbocycles. The lowest BCUT2D eigenvalue weighted by Gasteiger charge is -2.28. The van der Waals surface area contributed by atoms with Crippen LogP contribution in [-0.2, 0) is 20.9 Å². The summed E-state index contributed by atoms with van der Waals surface area (Å²) in [4.78, 5) is 43.6. The normalized spacial score (nSPS) is 19.1. The number of aliphatic hydroxyl groups is 1. The molecule has 1 aliphatic rings. The highest BCUT2D eigenvalue weighted by Crippen LogP contribution is 2.27. The van der Waals surface area contributed by atoms with Crippen molar-refractivity contribution in [2.45, 2.75) is 58.3 Å². The molecule has 1 aromatic carbocycles. The maximum absolute atomic E-state index is 13.0. The number of nitrogens with zero attached hydrogens (tertiary/aromatic N) is 2. The number of hydrogen-bond donors (Lipinski definition) is 3. The van der Waals surface area contributed by atoms with Gasteiger partial charge in [0.1, 0.15) is 12.1 Å². The van der Waals surface area contributed by atoms with Gasteiger partial charge in [-0.3, -0.25) is 14.4 Å². The predicted molar refractivity (Wildman–Crippen MR) is 123 cm³/mol. The number of aliphatic hydroxyl groups excluding tert-OH is 1. The number of aromatic nitrogens is 1. The molecule has 0 spiro atoms. The van der Waals surface area contributed by atoms with Crippen molar-refractivity contribution >= 4 is 29.6 Å². The molecule has 0 aliphatic carbocycles. The van der Waals surface area contributed by atoms with Gasteiger partial charge in [-0.05, 0) is 30.4 Å². The topological polar surface area (TPSA) is 112 Å². The standard InChI is InChI=1S/C23H30N4O4S/c1-14(2)8-19(25-12-28)23(31)27-11-18(29)9-20(27)22(30)24-10-16-4-6-17(7-5-16)21-15(3)26-13-32-21/h4-7,12-14,18-20,29H,8-11H2,1-3H3,(H,24,30)(H,25,28). The summed E-state index contributed by atoms with van der Waals surface area (Å²) in [5.41, 5.74) is 4.81. The molecule has 8 nitrogen and oxygen atoms in total. The molecule has 3 unspecified atom stereocenters. The van der Waals surface area contributed by atoms with Crippen LogP contribution in [0.2, 0.25) is 0 Å². The molecule has 0 radical (unpaired) electrons. The van der Waals surface area contributed by atoms with Crippen LogP contribution in [0.5, 0.6) is 0 Å². The molecular weight excluding hydrogens is 428 g/mol. The van der Waals surface area contributed by atoms with Crippen molar-refractivity contribution in [2.24, 2.45) is 5.92 Å². The van der Waals surface area contributed by atoms with Gasteiger partial charge < -0.3 is 20.6 Å². The van der Waals surface area contributed by atoms with Crippen LogP contribution < -0.4 is 10.6 Å². The first-order chi connectivity index (χ1) is 15.3. The molecule has 3 rings (SSSR count). The Bertz CT molecular complexity index is 944. The van der Waals surface area contributed by atoms with E-state index in [2.05, 4.69) is 15.6 Å². The molecule has 32 heavy (non-hydrogen) atoms. The van der Waals surface area contributed by atoms with E-state index in [-0.39, 0.29) is 30.7 Å². The van der Waals surface area contributed by atoms with E-state index < -0.39 is 18.2 Å². The Hall–Kier alpha value is -2.78. The van der Waals surface area contributed by atoms with E-state index in [0.29, 0.717) is 19.4 Å². The van der Waals surface area contributed by atoms with E-state index in [1.165, 1.54) is 4.90 Å². The van der Waals surface area contributed by atoms with Crippen molar-refractivity contribution in [1.29, 1.82) is 0 Å².